The zero-order valence-corrected chi connectivity index (χ0v) is 13.2. The number of hydrogen-bond donors (Lipinski definition) is 1. The second-order valence-corrected chi connectivity index (χ2v) is 8.35. The Morgan fingerprint density at radius 3 is 2.40 bits per heavy atom. The highest BCUT2D eigenvalue weighted by atomic mass is 32.2. The Balaban J connectivity index is 2.62. The molecule has 0 aliphatic rings. The van der Waals surface area contributed by atoms with Gasteiger partial charge in [0.05, 0.1) is 11.0 Å². The lowest BCUT2D eigenvalue weighted by molar-refractivity contribution is 0.586. The Bertz CT molecular complexity index is 728. The van der Waals surface area contributed by atoms with Crippen LogP contribution in [0.1, 0.15) is 39.3 Å². The predicted molar refractivity (Wildman–Crippen MR) is 84.5 cm³/mol. The summed E-state index contributed by atoms with van der Waals surface area (Å²) in [5.74, 6) is 0.0599. The van der Waals surface area contributed by atoms with E-state index < -0.39 is 9.84 Å². The molecule has 1 aromatic heterocycles. The molecule has 2 rings (SSSR count). The molecule has 0 atom stereocenters. The third kappa shape index (κ3) is 2.68. The van der Waals surface area contributed by atoms with Gasteiger partial charge in [0, 0.05) is 28.8 Å². The van der Waals surface area contributed by atoms with Gasteiger partial charge in [-0.05, 0) is 51.5 Å². The summed E-state index contributed by atoms with van der Waals surface area (Å²) in [6.07, 6.45) is 1.94. The average molecular weight is 294 g/mol. The predicted octanol–water partition coefficient (Wildman–Crippen LogP) is 3.13. The van der Waals surface area contributed by atoms with Gasteiger partial charge in [-0.1, -0.05) is 0 Å². The van der Waals surface area contributed by atoms with E-state index in [-0.39, 0.29) is 17.0 Å². The number of benzene rings is 1. The first kappa shape index (κ1) is 14.9. The van der Waals surface area contributed by atoms with Crippen molar-refractivity contribution in [3.63, 3.8) is 0 Å². The number of aromatic nitrogens is 1. The van der Waals surface area contributed by atoms with Gasteiger partial charge in [-0.3, -0.25) is 0 Å². The molecular formula is C15H22N2O2S. The number of nitrogens with zero attached hydrogens (tertiary/aromatic N) is 1. The molecule has 1 aromatic carbocycles. The van der Waals surface area contributed by atoms with Crippen LogP contribution in [0.3, 0.4) is 0 Å². The van der Waals surface area contributed by atoms with Gasteiger partial charge < -0.3 is 10.3 Å². The molecule has 0 bridgehead atoms. The highest BCUT2D eigenvalue weighted by Gasteiger charge is 2.20. The summed E-state index contributed by atoms with van der Waals surface area (Å²) in [4.78, 5) is 0. The maximum absolute atomic E-state index is 12.2. The van der Waals surface area contributed by atoms with Crippen LogP contribution in [0.4, 0.5) is 5.69 Å². The number of nitrogens with two attached hydrogens (primary N) is 1. The van der Waals surface area contributed by atoms with Crippen LogP contribution in [0.25, 0.3) is 10.9 Å². The fraction of sp³-hybridized carbons (Fsp3) is 0.467. The lowest BCUT2D eigenvalue weighted by Gasteiger charge is -2.08. The number of nitrogen functional groups attached to an aromatic ring is 1. The number of anilines is 1. The van der Waals surface area contributed by atoms with Gasteiger partial charge in [-0.25, -0.2) is 8.42 Å². The molecular weight excluding hydrogens is 272 g/mol. The van der Waals surface area contributed by atoms with E-state index in [1.807, 2.05) is 24.4 Å². The quantitative estimate of drug-likeness (QED) is 0.881. The van der Waals surface area contributed by atoms with Gasteiger partial charge in [0.25, 0.3) is 0 Å². The zero-order chi connectivity index (χ0) is 15.1. The highest BCUT2D eigenvalue weighted by molar-refractivity contribution is 7.91. The third-order valence-corrected chi connectivity index (χ3v) is 5.72. The average Bonchev–Trinajstić information content (AvgIpc) is 2.67. The Kier molecular flexibility index (Phi) is 3.82. The summed E-state index contributed by atoms with van der Waals surface area (Å²) in [5.41, 5.74) is 8.36. The summed E-state index contributed by atoms with van der Waals surface area (Å²) in [6.45, 7) is 7.59. The number of fused-ring (bicyclic) bond motifs is 1. The topological polar surface area (TPSA) is 65.1 Å². The van der Waals surface area contributed by atoms with Crippen molar-refractivity contribution < 1.29 is 8.42 Å². The molecule has 110 valence electrons. The minimum Gasteiger partial charge on any atom is -0.399 e. The molecule has 0 saturated carbocycles. The standard InChI is InChI=1S/C15H22N2O2S/c1-10(2)17-8-12(9-20(18,19)11(3)4)14-7-13(16)5-6-15(14)17/h5-8,10-11H,9,16H2,1-4H3. The van der Waals surface area contributed by atoms with E-state index in [9.17, 15) is 8.42 Å². The number of rotatable bonds is 4. The van der Waals surface area contributed by atoms with Gasteiger partial charge in [0.2, 0.25) is 0 Å². The lowest BCUT2D eigenvalue weighted by atomic mass is 10.2. The highest BCUT2D eigenvalue weighted by Crippen LogP contribution is 2.28. The van der Waals surface area contributed by atoms with Crippen molar-refractivity contribution in [2.45, 2.75) is 44.7 Å². The van der Waals surface area contributed by atoms with Gasteiger partial charge in [-0.2, -0.15) is 0 Å². The molecule has 0 aliphatic carbocycles. The van der Waals surface area contributed by atoms with Crippen molar-refractivity contribution in [2.75, 3.05) is 5.73 Å². The molecule has 1 heterocycles. The molecule has 5 heteroatoms. The lowest BCUT2D eigenvalue weighted by Crippen LogP contribution is -2.15. The molecule has 4 nitrogen and oxygen atoms in total. The number of hydrogen-bond acceptors (Lipinski definition) is 3. The SMILES string of the molecule is CC(C)n1cc(CS(=O)(=O)C(C)C)c2cc(N)ccc21. The summed E-state index contributed by atoms with van der Waals surface area (Å²) in [7, 11) is -3.12. The molecule has 2 aromatic rings. The minimum atomic E-state index is -3.12. The largest absolute Gasteiger partial charge is 0.399 e. The number of sulfone groups is 1. The monoisotopic (exact) mass is 294 g/mol. The minimum absolute atomic E-state index is 0.0599. The van der Waals surface area contributed by atoms with Crippen molar-refractivity contribution in [1.82, 2.24) is 4.57 Å². The Hall–Kier alpha value is -1.49. The fourth-order valence-electron chi connectivity index (χ4n) is 2.27. The van der Waals surface area contributed by atoms with Gasteiger partial charge in [-0.15, -0.1) is 0 Å². The van der Waals surface area contributed by atoms with Gasteiger partial charge >= 0.3 is 0 Å². The van der Waals surface area contributed by atoms with Crippen LogP contribution in [0, 0.1) is 0 Å². The summed E-state index contributed by atoms with van der Waals surface area (Å²) < 4.78 is 26.4. The second-order valence-electron chi connectivity index (χ2n) is 5.79. The van der Waals surface area contributed by atoms with E-state index in [4.69, 9.17) is 5.73 Å². The smallest absolute Gasteiger partial charge is 0.156 e. The fourth-order valence-corrected chi connectivity index (χ4v) is 3.27. The van der Waals surface area contributed by atoms with Crippen LogP contribution in [0.15, 0.2) is 24.4 Å². The van der Waals surface area contributed by atoms with E-state index >= 15 is 0 Å². The van der Waals surface area contributed by atoms with Crippen molar-refractivity contribution in [3.8, 4) is 0 Å². The first-order valence-corrected chi connectivity index (χ1v) is 8.54. The van der Waals surface area contributed by atoms with E-state index in [2.05, 4.69) is 18.4 Å². The van der Waals surface area contributed by atoms with Crippen LogP contribution in [0.2, 0.25) is 0 Å². The van der Waals surface area contributed by atoms with Crippen LogP contribution in [-0.4, -0.2) is 18.2 Å². The Morgan fingerprint density at radius 2 is 1.85 bits per heavy atom. The first-order chi connectivity index (χ1) is 9.22. The first-order valence-electron chi connectivity index (χ1n) is 6.83. The summed E-state index contributed by atoms with van der Waals surface area (Å²) in [6, 6.07) is 5.94. The third-order valence-electron chi connectivity index (χ3n) is 3.57. The molecule has 0 unspecified atom stereocenters. The van der Waals surface area contributed by atoms with Crippen LogP contribution < -0.4 is 5.73 Å². The molecule has 0 spiro atoms. The summed E-state index contributed by atoms with van der Waals surface area (Å²) in [5, 5.41) is 0.559. The zero-order valence-electron chi connectivity index (χ0n) is 12.4. The van der Waals surface area contributed by atoms with E-state index in [1.54, 1.807) is 13.8 Å². The Labute approximate surface area is 120 Å². The molecule has 20 heavy (non-hydrogen) atoms. The van der Waals surface area contributed by atoms with Crippen LogP contribution in [-0.2, 0) is 15.6 Å². The molecule has 0 fully saturated rings. The molecule has 0 saturated heterocycles. The normalized spacial score (nSPS) is 12.7. The van der Waals surface area contributed by atoms with Crippen molar-refractivity contribution in [3.05, 3.63) is 30.0 Å². The van der Waals surface area contributed by atoms with Crippen molar-refractivity contribution in [1.29, 1.82) is 0 Å². The van der Waals surface area contributed by atoms with E-state index in [0.717, 1.165) is 16.5 Å². The maximum atomic E-state index is 12.2. The van der Waals surface area contributed by atoms with Crippen LogP contribution in [0.5, 0.6) is 0 Å². The van der Waals surface area contributed by atoms with E-state index in [1.165, 1.54) is 0 Å². The Morgan fingerprint density at radius 1 is 1.20 bits per heavy atom. The molecule has 0 radical (unpaired) electrons. The molecule has 2 N–H and O–H groups in total. The second kappa shape index (κ2) is 5.13. The van der Waals surface area contributed by atoms with Crippen LogP contribution >= 0.6 is 0 Å². The molecule has 0 amide bonds. The summed E-state index contributed by atoms with van der Waals surface area (Å²) >= 11 is 0. The molecule has 0 aliphatic heterocycles. The van der Waals surface area contributed by atoms with Crippen molar-refractivity contribution >= 4 is 26.4 Å². The van der Waals surface area contributed by atoms with Crippen molar-refractivity contribution in [2.24, 2.45) is 0 Å². The van der Waals surface area contributed by atoms with Gasteiger partial charge in [0.15, 0.2) is 9.84 Å². The van der Waals surface area contributed by atoms with E-state index in [0.29, 0.717) is 5.69 Å². The maximum Gasteiger partial charge on any atom is 0.156 e. The van der Waals surface area contributed by atoms with Gasteiger partial charge in [0.1, 0.15) is 0 Å².